The van der Waals surface area contributed by atoms with Gasteiger partial charge in [0.15, 0.2) is 0 Å². The van der Waals surface area contributed by atoms with Crippen molar-refractivity contribution in [3.63, 3.8) is 0 Å². The van der Waals surface area contributed by atoms with E-state index in [1.165, 1.54) is 12.1 Å². The first kappa shape index (κ1) is 12.6. The molecule has 0 aliphatic rings. The summed E-state index contributed by atoms with van der Waals surface area (Å²) in [6.45, 7) is 4.07. The number of fused-ring (bicyclic) bond motifs is 1. The summed E-state index contributed by atoms with van der Waals surface area (Å²) in [7, 11) is 0. The number of hydrogen-bond acceptors (Lipinski definition) is 3. The van der Waals surface area contributed by atoms with Crippen LogP contribution < -0.4 is 0 Å². The summed E-state index contributed by atoms with van der Waals surface area (Å²) in [6.07, 6.45) is 3.38. The van der Waals surface area contributed by atoms with Crippen molar-refractivity contribution in [3.05, 3.63) is 42.5 Å². The molecular formula is C15H14FN3O. The highest BCUT2D eigenvalue weighted by Gasteiger charge is 2.17. The highest BCUT2D eigenvalue weighted by Crippen LogP contribution is 2.33. The highest BCUT2D eigenvalue weighted by atomic mass is 19.1. The van der Waals surface area contributed by atoms with Crippen molar-refractivity contribution in [2.45, 2.75) is 19.9 Å². The molecule has 0 saturated heterocycles. The smallest absolute Gasteiger partial charge is 0.145 e. The average Bonchev–Trinajstić information content (AvgIpc) is 2.77. The fourth-order valence-electron chi connectivity index (χ4n) is 2.36. The van der Waals surface area contributed by atoms with Crippen LogP contribution in [0.3, 0.4) is 0 Å². The van der Waals surface area contributed by atoms with Crippen LogP contribution >= 0.6 is 0 Å². The third kappa shape index (κ3) is 1.91. The van der Waals surface area contributed by atoms with Crippen LogP contribution in [0.4, 0.5) is 4.39 Å². The van der Waals surface area contributed by atoms with E-state index in [-0.39, 0.29) is 11.8 Å². The summed E-state index contributed by atoms with van der Waals surface area (Å²) in [6, 6.07) is 5.99. The Labute approximate surface area is 115 Å². The number of benzene rings is 1. The zero-order valence-corrected chi connectivity index (χ0v) is 11.2. The third-order valence-corrected chi connectivity index (χ3v) is 3.21. The van der Waals surface area contributed by atoms with Gasteiger partial charge in [-0.2, -0.15) is 0 Å². The summed E-state index contributed by atoms with van der Waals surface area (Å²) in [5.41, 5.74) is 2.20. The van der Waals surface area contributed by atoms with E-state index in [0.29, 0.717) is 11.4 Å². The normalized spacial score (nSPS) is 11.4. The van der Waals surface area contributed by atoms with Gasteiger partial charge in [0.25, 0.3) is 0 Å². The molecule has 0 saturated carbocycles. The second kappa shape index (κ2) is 4.59. The van der Waals surface area contributed by atoms with Crippen LogP contribution in [0.1, 0.15) is 19.9 Å². The van der Waals surface area contributed by atoms with Gasteiger partial charge in [-0.15, -0.1) is 0 Å². The maximum Gasteiger partial charge on any atom is 0.145 e. The fourth-order valence-corrected chi connectivity index (χ4v) is 2.36. The van der Waals surface area contributed by atoms with Gasteiger partial charge in [0.2, 0.25) is 0 Å². The van der Waals surface area contributed by atoms with Gasteiger partial charge in [0, 0.05) is 18.3 Å². The first-order valence-electron chi connectivity index (χ1n) is 6.39. The minimum atomic E-state index is -0.472. The van der Waals surface area contributed by atoms with Gasteiger partial charge in [-0.05, 0) is 32.0 Å². The molecule has 2 aromatic heterocycles. The van der Waals surface area contributed by atoms with Crippen molar-refractivity contribution in [3.8, 4) is 17.1 Å². The molecule has 0 amide bonds. The van der Waals surface area contributed by atoms with Crippen molar-refractivity contribution in [1.29, 1.82) is 0 Å². The molecule has 3 aromatic rings. The molecule has 102 valence electrons. The average molecular weight is 271 g/mol. The summed E-state index contributed by atoms with van der Waals surface area (Å²) in [5.74, 6) is 0.0239. The van der Waals surface area contributed by atoms with Gasteiger partial charge in [0.05, 0.1) is 17.3 Å². The predicted octanol–water partition coefficient (Wildman–Crippen LogP) is 3.52. The Morgan fingerprint density at radius 2 is 2.05 bits per heavy atom. The van der Waals surface area contributed by atoms with E-state index in [1.807, 2.05) is 24.5 Å². The molecule has 0 radical (unpaired) electrons. The molecule has 0 bridgehead atoms. The summed E-state index contributed by atoms with van der Waals surface area (Å²) in [5, 5.41) is 9.97. The zero-order chi connectivity index (χ0) is 14.3. The Morgan fingerprint density at radius 1 is 1.25 bits per heavy atom. The maximum atomic E-state index is 13.1. The van der Waals surface area contributed by atoms with E-state index in [1.54, 1.807) is 12.4 Å². The topological polar surface area (TPSA) is 50.9 Å². The van der Waals surface area contributed by atoms with E-state index in [0.717, 1.165) is 17.1 Å². The standard InChI is InChI=1S/C15H14FN3O/c1-9(2)19-13-5-6-17-8-12(13)18-15(19)11-4-3-10(16)7-14(11)20/h3-9,20H,1-2H3. The van der Waals surface area contributed by atoms with Crippen molar-refractivity contribution >= 4 is 11.0 Å². The Hall–Kier alpha value is -2.43. The van der Waals surface area contributed by atoms with Gasteiger partial charge in [-0.1, -0.05) is 0 Å². The van der Waals surface area contributed by atoms with Gasteiger partial charge in [-0.3, -0.25) is 4.98 Å². The molecule has 5 heteroatoms. The summed E-state index contributed by atoms with van der Waals surface area (Å²) < 4.78 is 15.1. The third-order valence-electron chi connectivity index (χ3n) is 3.21. The number of hydrogen-bond donors (Lipinski definition) is 1. The van der Waals surface area contributed by atoms with Crippen LogP contribution in [0, 0.1) is 5.82 Å². The Bertz CT molecular complexity index is 780. The lowest BCUT2D eigenvalue weighted by Crippen LogP contribution is -2.03. The molecule has 0 atom stereocenters. The van der Waals surface area contributed by atoms with Crippen LogP contribution in [0.25, 0.3) is 22.4 Å². The first-order valence-corrected chi connectivity index (χ1v) is 6.39. The first-order chi connectivity index (χ1) is 9.58. The molecule has 0 fully saturated rings. The molecular weight excluding hydrogens is 257 g/mol. The fraction of sp³-hybridized carbons (Fsp3) is 0.200. The van der Waals surface area contributed by atoms with E-state index in [2.05, 4.69) is 9.97 Å². The number of aromatic nitrogens is 3. The Kier molecular flexibility index (Phi) is 2.89. The molecule has 0 spiro atoms. The monoisotopic (exact) mass is 271 g/mol. The lowest BCUT2D eigenvalue weighted by molar-refractivity contribution is 0.470. The van der Waals surface area contributed by atoms with Crippen molar-refractivity contribution in [2.24, 2.45) is 0 Å². The van der Waals surface area contributed by atoms with Gasteiger partial charge >= 0.3 is 0 Å². The second-order valence-electron chi connectivity index (χ2n) is 4.93. The van der Waals surface area contributed by atoms with Gasteiger partial charge in [-0.25, -0.2) is 9.37 Å². The number of rotatable bonds is 2. The number of imidazole rings is 1. The SMILES string of the molecule is CC(C)n1c(-c2ccc(F)cc2O)nc2cnccc21. The molecule has 2 heterocycles. The van der Waals surface area contributed by atoms with E-state index in [4.69, 9.17) is 0 Å². The Balaban J connectivity index is 2.32. The molecule has 1 aromatic carbocycles. The number of pyridine rings is 1. The quantitative estimate of drug-likeness (QED) is 0.775. The summed E-state index contributed by atoms with van der Waals surface area (Å²) >= 11 is 0. The predicted molar refractivity (Wildman–Crippen MR) is 75.0 cm³/mol. The minimum Gasteiger partial charge on any atom is -0.507 e. The summed E-state index contributed by atoms with van der Waals surface area (Å²) in [4.78, 5) is 8.57. The van der Waals surface area contributed by atoms with Crippen LogP contribution in [-0.2, 0) is 0 Å². The maximum absolute atomic E-state index is 13.1. The molecule has 0 aliphatic carbocycles. The van der Waals surface area contributed by atoms with Crippen molar-refractivity contribution in [2.75, 3.05) is 0 Å². The Morgan fingerprint density at radius 3 is 2.75 bits per heavy atom. The largest absolute Gasteiger partial charge is 0.507 e. The van der Waals surface area contributed by atoms with E-state index < -0.39 is 5.82 Å². The lowest BCUT2D eigenvalue weighted by Gasteiger charge is -2.13. The van der Waals surface area contributed by atoms with E-state index in [9.17, 15) is 9.50 Å². The molecule has 20 heavy (non-hydrogen) atoms. The number of halogens is 1. The van der Waals surface area contributed by atoms with Gasteiger partial charge < -0.3 is 9.67 Å². The molecule has 3 rings (SSSR count). The molecule has 1 N–H and O–H groups in total. The minimum absolute atomic E-state index is 0.116. The second-order valence-corrected chi connectivity index (χ2v) is 4.93. The van der Waals surface area contributed by atoms with E-state index >= 15 is 0 Å². The zero-order valence-electron chi connectivity index (χ0n) is 11.2. The van der Waals surface area contributed by atoms with Crippen molar-refractivity contribution in [1.82, 2.24) is 14.5 Å². The number of aromatic hydroxyl groups is 1. The number of nitrogens with zero attached hydrogens (tertiary/aromatic N) is 3. The lowest BCUT2D eigenvalue weighted by atomic mass is 10.1. The number of phenols is 1. The molecule has 0 aliphatic heterocycles. The van der Waals surface area contributed by atoms with Crippen molar-refractivity contribution < 1.29 is 9.50 Å². The molecule has 0 unspecified atom stereocenters. The van der Waals surface area contributed by atoms with Crippen LogP contribution in [-0.4, -0.2) is 19.6 Å². The van der Waals surface area contributed by atoms with Crippen LogP contribution in [0.2, 0.25) is 0 Å². The number of phenolic OH excluding ortho intramolecular Hbond substituents is 1. The van der Waals surface area contributed by atoms with Gasteiger partial charge in [0.1, 0.15) is 22.9 Å². The van der Waals surface area contributed by atoms with Crippen LogP contribution in [0.15, 0.2) is 36.7 Å². The van der Waals surface area contributed by atoms with Crippen LogP contribution in [0.5, 0.6) is 5.75 Å². The molecule has 4 nitrogen and oxygen atoms in total. The highest BCUT2D eigenvalue weighted by molar-refractivity contribution is 5.81.